The average molecular weight is 372 g/mol. The molecule has 1 aromatic carbocycles. The van der Waals surface area contributed by atoms with Crippen LogP contribution in [0.2, 0.25) is 0 Å². The molecule has 1 amide bonds. The lowest BCUT2D eigenvalue weighted by molar-refractivity contribution is 0.0899. The molecule has 0 radical (unpaired) electrons. The van der Waals surface area contributed by atoms with E-state index in [4.69, 9.17) is 4.74 Å². The van der Waals surface area contributed by atoms with Crippen LogP contribution in [0.5, 0.6) is 0 Å². The Hall–Kier alpha value is -1.76. The van der Waals surface area contributed by atoms with Crippen molar-refractivity contribution >= 4 is 17.2 Å². The van der Waals surface area contributed by atoms with Gasteiger partial charge in [-0.1, -0.05) is 30.3 Å². The van der Waals surface area contributed by atoms with E-state index in [9.17, 15) is 4.79 Å². The van der Waals surface area contributed by atoms with E-state index in [2.05, 4.69) is 15.2 Å². The summed E-state index contributed by atoms with van der Waals surface area (Å²) in [6, 6.07) is 10.2. The fourth-order valence-electron chi connectivity index (χ4n) is 3.70. The van der Waals surface area contributed by atoms with Gasteiger partial charge in [0.05, 0.1) is 6.61 Å². The number of ether oxygens (including phenoxy) is 1. The summed E-state index contributed by atoms with van der Waals surface area (Å²) in [6.07, 6.45) is 3.20. The predicted molar refractivity (Wildman–Crippen MR) is 103 cm³/mol. The van der Waals surface area contributed by atoms with Crippen molar-refractivity contribution in [3.8, 4) is 10.6 Å². The SMILES string of the molecule is O=C(NC1CCN(CC2CCOC2)CC1)c1csc(-c2ccccc2)n1. The number of hydrogen-bond donors (Lipinski definition) is 1. The van der Waals surface area contributed by atoms with Gasteiger partial charge >= 0.3 is 0 Å². The van der Waals surface area contributed by atoms with Crippen LogP contribution in [-0.2, 0) is 4.74 Å². The van der Waals surface area contributed by atoms with E-state index in [0.29, 0.717) is 11.6 Å². The fourth-order valence-corrected chi connectivity index (χ4v) is 4.51. The van der Waals surface area contributed by atoms with Gasteiger partial charge in [0.1, 0.15) is 10.7 Å². The summed E-state index contributed by atoms with van der Waals surface area (Å²) >= 11 is 1.52. The second-order valence-electron chi connectivity index (χ2n) is 7.18. The van der Waals surface area contributed by atoms with Crippen LogP contribution in [0, 0.1) is 5.92 Å². The molecule has 2 aromatic rings. The van der Waals surface area contributed by atoms with Crippen LogP contribution in [0.15, 0.2) is 35.7 Å². The molecular weight excluding hydrogens is 346 g/mol. The van der Waals surface area contributed by atoms with Crippen molar-refractivity contribution in [3.63, 3.8) is 0 Å². The Kier molecular flexibility index (Phi) is 5.62. The number of hydrogen-bond acceptors (Lipinski definition) is 5. The number of likely N-dealkylation sites (tertiary alicyclic amines) is 1. The summed E-state index contributed by atoms with van der Waals surface area (Å²) < 4.78 is 5.47. The van der Waals surface area contributed by atoms with Crippen molar-refractivity contribution in [3.05, 3.63) is 41.4 Å². The number of aromatic nitrogens is 1. The second-order valence-corrected chi connectivity index (χ2v) is 8.04. The molecule has 5 nitrogen and oxygen atoms in total. The largest absolute Gasteiger partial charge is 0.381 e. The molecule has 138 valence electrons. The molecule has 0 bridgehead atoms. The van der Waals surface area contributed by atoms with E-state index in [-0.39, 0.29) is 11.9 Å². The maximum absolute atomic E-state index is 12.5. The zero-order valence-corrected chi connectivity index (χ0v) is 15.7. The highest BCUT2D eigenvalue weighted by Gasteiger charge is 2.25. The van der Waals surface area contributed by atoms with Crippen molar-refractivity contribution in [1.82, 2.24) is 15.2 Å². The average Bonchev–Trinajstić information content (AvgIpc) is 3.36. The molecule has 4 rings (SSSR count). The van der Waals surface area contributed by atoms with E-state index in [1.54, 1.807) is 0 Å². The van der Waals surface area contributed by atoms with Gasteiger partial charge in [-0.25, -0.2) is 4.98 Å². The molecular formula is C20H25N3O2S. The third-order valence-corrected chi connectivity index (χ3v) is 6.11. The number of carbonyl (C=O) groups is 1. The van der Waals surface area contributed by atoms with Crippen molar-refractivity contribution < 1.29 is 9.53 Å². The third kappa shape index (κ3) is 4.31. The monoisotopic (exact) mass is 371 g/mol. The van der Waals surface area contributed by atoms with Crippen LogP contribution < -0.4 is 5.32 Å². The lowest BCUT2D eigenvalue weighted by Crippen LogP contribution is -2.45. The number of amides is 1. The second kappa shape index (κ2) is 8.29. The molecule has 26 heavy (non-hydrogen) atoms. The predicted octanol–water partition coefficient (Wildman–Crippen LogP) is 3.04. The normalized spacial score (nSPS) is 21.8. The van der Waals surface area contributed by atoms with Crippen LogP contribution in [0.25, 0.3) is 10.6 Å². The zero-order valence-electron chi connectivity index (χ0n) is 14.9. The molecule has 2 aliphatic heterocycles. The van der Waals surface area contributed by atoms with Crippen molar-refractivity contribution in [2.45, 2.75) is 25.3 Å². The first-order chi connectivity index (χ1) is 12.8. The minimum Gasteiger partial charge on any atom is -0.381 e. The van der Waals surface area contributed by atoms with Crippen LogP contribution in [0.4, 0.5) is 0 Å². The molecule has 6 heteroatoms. The highest BCUT2D eigenvalue weighted by atomic mass is 32.1. The summed E-state index contributed by atoms with van der Waals surface area (Å²) in [7, 11) is 0. The van der Waals surface area contributed by atoms with Gasteiger partial charge in [0, 0.05) is 43.2 Å². The molecule has 2 fully saturated rings. The van der Waals surface area contributed by atoms with E-state index in [0.717, 1.165) is 56.3 Å². The number of thiazole rings is 1. The molecule has 1 atom stereocenters. The highest BCUT2D eigenvalue weighted by Crippen LogP contribution is 2.23. The van der Waals surface area contributed by atoms with E-state index >= 15 is 0 Å². The number of nitrogens with one attached hydrogen (secondary N) is 1. The summed E-state index contributed by atoms with van der Waals surface area (Å²) in [6.45, 7) is 5.05. The molecule has 0 saturated carbocycles. The Morgan fingerprint density at radius 1 is 1.23 bits per heavy atom. The maximum atomic E-state index is 12.5. The Balaban J connectivity index is 1.27. The van der Waals surface area contributed by atoms with Gasteiger partial charge in [-0.05, 0) is 25.2 Å². The number of nitrogens with zero attached hydrogens (tertiary/aromatic N) is 2. The number of benzene rings is 1. The first-order valence-corrected chi connectivity index (χ1v) is 10.3. The van der Waals surface area contributed by atoms with Gasteiger partial charge in [-0.3, -0.25) is 4.79 Å². The molecule has 1 aromatic heterocycles. The standard InChI is InChI=1S/C20H25N3O2S/c24-19(18-14-26-20(22-18)16-4-2-1-3-5-16)21-17-6-9-23(10-7-17)12-15-8-11-25-13-15/h1-5,14-15,17H,6-13H2,(H,21,24). The minimum atomic E-state index is -0.0499. The Bertz CT molecular complexity index is 720. The van der Waals surface area contributed by atoms with Crippen molar-refractivity contribution in [2.75, 3.05) is 32.8 Å². The number of piperidine rings is 1. The number of carbonyl (C=O) groups excluding carboxylic acids is 1. The smallest absolute Gasteiger partial charge is 0.270 e. The van der Waals surface area contributed by atoms with Crippen molar-refractivity contribution in [1.29, 1.82) is 0 Å². The molecule has 2 aliphatic rings. The van der Waals surface area contributed by atoms with E-state index in [1.807, 2.05) is 35.7 Å². The lowest BCUT2D eigenvalue weighted by Gasteiger charge is -2.33. The molecule has 2 saturated heterocycles. The quantitative estimate of drug-likeness (QED) is 0.878. The lowest BCUT2D eigenvalue weighted by atomic mass is 10.0. The molecule has 1 N–H and O–H groups in total. The van der Waals surface area contributed by atoms with Crippen LogP contribution in [-0.4, -0.2) is 54.7 Å². The summed E-state index contributed by atoms with van der Waals surface area (Å²) in [4.78, 5) is 19.5. The molecule has 0 aliphatic carbocycles. The van der Waals surface area contributed by atoms with Gasteiger partial charge in [0.25, 0.3) is 5.91 Å². The molecule has 1 unspecified atom stereocenters. The van der Waals surface area contributed by atoms with Gasteiger partial charge < -0.3 is 15.0 Å². The minimum absolute atomic E-state index is 0.0499. The van der Waals surface area contributed by atoms with Gasteiger partial charge in [0.2, 0.25) is 0 Å². The Morgan fingerprint density at radius 2 is 2.04 bits per heavy atom. The van der Waals surface area contributed by atoms with Gasteiger partial charge in [0.15, 0.2) is 0 Å². The third-order valence-electron chi connectivity index (χ3n) is 5.22. The molecule has 0 spiro atoms. The highest BCUT2D eigenvalue weighted by molar-refractivity contribution is 7.13. The maximum Gasteiger partial charge on any atom is 0.270 e. The topological polar surface area (TPSA) is 54.5 Å². The zero-order chi connectivity index (χ0) is 17.8. The van der Waals surface area contributed by atoms with Crippen LogP contribution in [0.3, 0.4) is 0 Å². The molecule has 3 heterocycles. The fraction of sp³-hybridized carbons (Fsp3) is 0.500. The van der Waals surface area contributed by atoms with E-state index in [1.165, 1.54) is 17.8 Å². The van der Waals surface area contributed by atoms with E-state index < -0.39 is 0 Å². The Labute approximate surface area is 158 Å². The number of rotatable bonds is 5. The van der Waals surface area contributed by atoms with Crippen LogP contribution in [0.1, 0.15) is 29.8 Å². The summed E-state index contributed by atoms with van der Waals surface area (Å²) in [5.74, 6) is 0.638. The van der Waals surface area contributed by atoms with Crippen molar-refractivity contribution in [2.24, 2.45) is 5.92 Å². The van der Waals surface area contributed by atoms with Gasteiger partial charge in [-0.2, -0.15) is 0 Å². The first-order valence-electron chi connectivity index (χ1n) is 9.40. The Morgan fingerprint density at radius 3 is 2.77 bits per heavy atom. The summed E-state index contributed by atoms with van der Waals surface area (Å²) in [5.41, 5.74) is 1.58. The van der Waals surface area contributed by atoms with Crippen LogP contribution >= 0.6 is 11.3 Å². The first kappa shape index (κ1) is 17.6. The van der Waals surface area contributed by atoms with Gasteiger partial charge in [-0.15, -0.1) is 11.3 Å². The summed E-state index contributed by atoms with van der Waals surface area (Å²) in [5, 5.41) is 5.91.